The van der Waals surface area contributed by atoms with Crippen molar-refractivity contribution in [3.8, 4) is 0 Å². The highest BCUT2D eigenvalue weighted by Gasteiger charge is 2.15. The van der Waals surface area contributed by atoms with Crippen molar-refractivity contribution in [3.05, 3.63) is 70.8 Å². The Hall–Kier alpha value is -1.64. The van der Waals surface area contributed by atoms with Gasteiger partial charge >= 0.3 is 0 Å². The van der Waals surface area contributed by atoms with E-state index in [-0.39, 0.29) is 18.7 Å². The van der Waals surface area contributed by atoms with E-state index < -0.39 is 0 Å². The van der Waals surface area contributed by atoms with E-state index in [1.807, 2.05) is 30.3 Å². The molecule has 0 radical (unpaired) electrons. The quantitative estimate of drug-likeness (QED) is 0.867. The van der Waals surface area contributed by atoms with Gasteiger partial charge in [0.25, 0.3) is 0 Å². The Morgan fingerprint density at radius 2 is 1.75 bits per heavy atom. The van der Waals surface area contributed by atoms with Gasteiger partial charge in [0.1, 0.15) is 0 Å². The molecule has 2 nitrogen and oxygen atoms in total. The van der Waals surface area contributed by atoms with E-state index in [0.717, 1.165) is 5.56 Å². The summed E-state index contributed by atoms with van der Waals surface area (Å²) in [6, 6.07) is 16.8. The van der Waals surface area contributed by atoms with Crippen LogP contribution in [0.3, 0.4) is 0 Å². The molecule has 0 bridgehead atoms. The Morgan fingerprint density at radius 1 is 1.05 bits per heavy atom. The van der Waals surface area contributed by atoms with Gasteiger partial charge in [0.2, 0.25) is 0 Å². The van der Waals surface area contributed by atoms with Crippen molar-refractivity contribution in [2.75, 3.05) is 6.61 Å². The highest BCUT2D eigenvalue weighted by atomic mass is 16.3. The molecule has 2 atom stereocenters. The minimum Gasteiger partial charge on any atom is -0.394 e. The first kappa shape index (κ1) is 14.8. The number of aliphatic hydroxyl groups excluding tert-OH is 1. The first-order valence-corrected chi connectivity index (χ1v) is 7.11. The maximum Gasteiger partial charge on any atom is 0.0626 e. The van der Waals surface area contributed by atoms with Crippen molar-refractivity contribution in [2.24, 2.45) is 0 Å². The average molecular weight is 269 g/mol. The molecule has 0 aliphatic heterocycles. The lowest BCUT2D eigenvalue weighted by molar-refractivity contribution is 0.235. The summed E-state index contributed by atoms with van der Waals surface area (Å²) in [5.41, 5.74) is 4.95. The normalized spacial score (nSPS) is 14.0. The fraction of sp³-hybridized carbons (Fsp3) is 0.333. The molecule has 0 saturated heterocycles. The molecular weight excluding hydrogens is 246 g/mol. The van der Waals surface area contributed by atoms with Gasteiger partial charge in [-0.25, -0.2) is 0 Å². The number of aryl methyl sites for hydroxylation is 2. The number of hydrogen-bond donors (Lipinski definition) is 2. The predicted octanol–water partition coefficient (Wildman–Crippen LogP) is 3.69. The lowest BCUT2D eigenvalue weighted by atomic mass is 9.98. The summed E-state index contributed by atoms with van der Waals surface area (Å²) in [5.74, 6) is 0. The maximum atomic E-state index is 9.64. The van der Waals surface area contributed by atoms with Crippen molar-refractivity contribution >= 4 is 0 Å². The number of hydrogen-bond acceptors (Lipinski definition) is 2. The van der Waals surface area contributed by atoms with Crippen LogP contribution >= 0.6 is 0 Å². The third kappa shape index (κ3) is 3.47. The van der Waals surface area contributed by atoms with Crippen LogP contribution in [0.15, 0.2) is 48.5 Å². The molecule has 2 aromatic rings. The van der Waals surface area contributed by atoms with Crippen LogP contribution in [-0.2, 0) is 0 Å². The average Bonchev–Trinajstić information content (AvgIpc) is 2.48. The molecule has 2 rings (SSSR count). The zero-order valence-corrected chi connectivity index (χ0v) is 12.4. The van der Waals surface area contributed by atoms with Gasteiger partial charge in [0.15, 0.2) is 0 Å². The summed E-state index contributed by atoms with van der Waals surface area (Å²) in [6.45, 7) is 6.48. The van der Waals surface area contributed by atoms with Crippen LogP contribution in [0.2, 0.25) is 0 Å². The molecule has 2 heteroatoms. The van der Waals surface area contributed by atoms with Gasteiger partial charge in [0.05, 0.1) is 12.6 Å². The van der Waals surface area contributed by atoms with E-state index in [1.165, 1.54) is 16.7 Å². The smallest absolute Gasteiger partial charge is 0.0626 e. The van der Waals surface area contributed by atoms with Crippen molar-refractivity contribution in [1.82, 2.24) is 5.32 Å². The molecule has 2 N–H and O–H groups in total. The van der Waals surface area contributed by atoms with Gasteiger partial charge in [-0.1, -0.05) is 54.1 Å². The highest BCUT2D eigenvalue weighted by Crippen LogP contribution is 2.22. The molecule has 0 amide bonds. The predicted molar refractivity (Wildman–Crippen MR) is 83.7 cm³/mol. The van der Waals surface area contributed by atoms with Gasteiger partial charge in [0, 0.05) is 6.04 Å². The Kier molecular flexibility index (Phi) is 4.94. The summed E-state index contributed by atoms with van der Waals surface area (Å²) in [4.78, 5) is 0. The number of benzene rings is 2. The summed E-state index contributed by atoms with van der Waals surface area (Å²) < 4.78 is 0. The molecule has 20 heavy (non-hydrogen) atoms. The number of aliphatic hydroxyl groups is 1. The van der Waals surface area contributed by atoms with Gasteiger partial charge in [-0.05, 0) is 37.5 Å². The van der Waals surface area contributed by atoms with E-state index in [2.05, 4.69) is 44.3 Å². The van der Waals surface area contributed by atoms with Crippen molar-refractivity contribution < 1.29 is 5.11 Å². The molecule has 0 aliphatic carbocycles. The monoisotopic (exact) mass is 269 g/mol. The zero-order valence-electron chi connectivity index (χ0n) is 12.4. The summed E-state index contributed by atoms with van der Waals surface area (Å²) in [6.07, 6.45) is 0. The molecule has 0 fully saturated rings. The lowest BCUT2D eigenvalue weighted by Crippen LogP contribution is -2.27. The van der Waals surface area contributed by atoms with E-state index in [1.54, 1.807) is 0 Å². The van der Waals surface area contributed by atoms with Crippen LogP contribution < -0.4 is 5.32 Å². The second-order valence-corrected chi connectivity index (χ2v) is 5.39. The van der Waals surface area contributed by atoms with Crippen LogP contribution in [0.25, 0.3) is 0 Å². The fourth-order valence-corrected chi connectivity index (χ4v) is 2.56. The lowest BCUT2D eigenvalue weighted by Gasteiger charge is -2.24. The van der Waals surface area contributed by atoms with E-state index in [4.69, 9.17) is 0 Å². The molecule has 1 unspecified atom stereocenters. The summed E-state index contributed by atoms with van der Waals surface area (Å²) >= 11 is 0. The Morgan fingerprint density at radius 3 is 2.40 bits per heavy atom. The molecule has 106 valence electrons. The van der Waals surface area contributed by atoms with Crippen LogP contribution in [0.1, 0.15) is 41.3 Å². The van der Waals surface area contributed by atoms with Gasteiger partial charge in [-0.2, -0.15) is 0 Å². The molecule has 0 heterocycles. The Balaban J connectivity index is 2.17. The van der Waals surface area contributed by atoms with Gasteiger partial charge in [-0.3, -0.25) is 0 Å². The van der Waals surface area contributed by atoms with E-state index in [0.29, 0.717) is 0 Å². The van der Waals surface area contributed by atoms with Crippen molar-refractivity contribution in [2.45, 2.75) is 32.9 Å². The van der Waals surface area contributed by atoms with E-state index >= 15 is 0 Å². The first-order chi connectivity index (χ1) is 9.61. The molecule has 2 aromatic carbocycles. The maximum absolute atomic E-state index is 9.64. The first-order valence-electron chi connectivity index (χ1n) is 7.11. The molecule has 0 aromatic heterocycles. The van der Waals surface area contributed by atoms with Crippen LogP contribution in [0.5, 0.6) is 0 Å². The van der Waals surface area contributed by atoms with Crippen molar-refractivity contribution in [3.63, 3.8) is 0 Å². The van der Waals surface area contributed by atoms with Crippen LogP contribution in [-0.4, -0.2) is 11.7 Å². The van der Waals surface area contributed by atoms with Gasteiger partial charge in [-0.15, -0.1) is 0 Å². The number of rotatable bonds is 5. The Bertz CT molecular complexity index is 551. The standard InChI is InChI=1S/C18H23NO/c1-13-9-10-14(2)17(11-13)15(3)19-18(12-20)16-7-5-4-6-8-16/h4-11,15,18-20H,12H2,1-3H3/t15?,18-/m1/s1. The molecule has 0 aliphatic rings. The molecule has 0 saturated carbocycles. The minimum absolute atomic E-state index is 0.0360. The van der Waals surface area contributed by atoms with Crippen molar-refractivity contribution in [1.29, 1.82) is 0 Å². The summed E-state index contributed by atoms with van der Waals surface area (Å²) in [7, 11) is 0. The third-order valence-corrected chi connectivity index (χ3v) is 3.74. The number of nitrogens with one attached hydrogen (secondary N) is 1. The second kappa shape index (κ2) is 6.69. The van der Waals surface area contributed by atoms with Crippen LogP contribution in [0, 0.1) is 13.8 Å². The van der Waals surface area contributed by atoms with E-state index in [9.17, 15) is 5.11 Å². The third-order valence-electron chi connectivity index (χ3n) is 3.74. The minimum atomic E-state index is -0.0360. The second-order valence-electron chi connectivity index (χ2n) is 5.39. The molecular formula is C18H23NO. The molecule has 0 spiro atoms. The Labute approximate surface area is 121 Å². The zero-order chi connectivity index (χ0) is 14.5. The topological polar surface area (TPSA) is 32.3 Å². The fourth-order valence-electron chi connectivity index (χ4n) is 2.56. The van der Waals surface area contributed by atoms with Crippen LogP contribution in [0.4, 0.5) is 0 Å². The van der Waals surface area contributed by atoms with Gasteiger partial charge < -0.3 is 10.4 Å². The SMILES string of the molecule is Cc1ccc(C)c(C(C)N[C@H](CO)c2ccccc2)c1. The largest absolute Gasteiger partial charge is 0.394 e. The summed E-state index contributed by atoms with van der Waals surface area (Å²) in [5, 5.41) is 13.2. The highest BCUT2D eigenvalue weighted by molar-refractivity contribution is 5.33.